The molecule has 0 amide bonds. The fourth-order valence-electron chi connectivity index (χ4n) is 7.38. The highest BCUT2D eigenvalue weighted by Crippen LogP contribution is 2.43. The number of nitrogens with zero attached hydrogens (tertiary/aromatic N) is 1. The molecule has 0 fully saturated rings. The Morgan fingerprint density at radius 3 is 1.39 bits per heavy atom. The molecule has 0 aliphatic carbocycles. The minimum Gasteiger partial charge on any atom is -0.310 e. The van der Waals surface area contributed by atoms with Gasteiger partial charge in [0.1, 0.15) is 0 Å². The Kier molecular flexibility index (Phi) is 7.92. The van der Waals surface area contributed by atoms with Gasteiger partial charge in [-0.05, 0) is 109 Å². The second kappa shape index (κ2) is 13.3. The monoisotopic (exact) mass is 649 g/mol. The van der Waals surface area contributed by atoms with Gasteiger partial charge in [0.2, 0.25) is 0 Å². The average Bonchev–Trinajstić information content (AvgIpc) is 3.22. The SMILES string of the molecule is c1ccc(-c2cccc(N(c3ccc(-c4ccccc4)c(-c4ccccc4)c3)c3ccc4cc(-c5ccccc5)c5ccccc5c4c3)c2)cc1. The van der Waals surface area contributed by atoms with Crippen LogP contribution in [0.3, 0.4) is 0 Å². The molecule has 0 bridgehead atoms. The van der Waals surface area contributed by atoms with E-state index in [1.54, 1.807) is 0 Å². The maximum absolute atomic E-state index is 2.41. The molecule has 0 spiro atoms. The largest absolute Gasteiger partial charge is 0.310 e. The van der Waals surface area contributed by atoms with Crippen LogP contribution < -0.4 is 4.90 Å². The van der Waals surface area contributed by atoms with Crippen molar-refractivity contribution in [1.29, 1.82) is 0 Å². The van der Waals surface area contributed by atoms with Crippen LogP contribution in [0, 0.1) is 0 Å². The Morgan fingerprint density at radius 1 is 0.235 bits per heavy atom. The van der Waals surface area contributed by atoms with Crippen molar-refractivity contribution < 1.29 is 0 Å². The lowest BCUT2D eigenvalue weighted by Gasteiger charge is -2.28. The van der Waals surface area contributed by atoms with Gasteiger partial charge in [-0.1, -0.05) is 170 Å². The van der Waals surface area contributed by atoms with Gasteiger partial charge in [0, 0.05) is 17.1 Å². The van der Waals surface area contributed by atoms with Crippen LogP contribution in [0.2, 0.25) is 0 Å². The molecule has 0 heterocycles. The molecule has 0 aliphatic heterocycles. The summed E-state index contributed by atoms with van der Waals surface area (Å²) in [5, 5.41) is 4.96. The summed E-state index contributed by atoms with van der Waals surface area (Å²) in [7, 11) is 0. The minimum atomic E-state index is 1.10. The number of benzene rings is 9. The standard InChI is InChI=1S/C50H35N/c1-5-16-36(17-6-1)40-24-15-25-42(32-40)51(44-30-31-45(37-18-7-2-8-19-37)49(34-44)39-22-11-4-12-23-39)43-29-28-41-33-48(38-20-9-3-10-21-38)46-26-13-14-27-47(46)50(41)35-43/h1-35H. The molecule has 0 saturated heterocycles. The number of anilines is 3. The second-order valence-corrected chi connectivity index (χ2v) is 13.0. The van der Waals surface area contributed by atoms with E-state index in [0.717, 1.165) is 17.1 Å². The molecule has 0 saturated carbocycles. The molecule has 0 N–H and O–H groups in total. The van der Waals surface area contributed by atoms with Crippen LogP contribution >= 0.6 is 0 Å². The third-order valence-electron chi connectivity index (χ3n) is 9.83. The van der Waals surface area contributed by atoms with Crippen molar-refractivity contribution in [3.63, 3.8) is 0 Å². The van der Waals surface area contributed by atoms with Gasteiger partial charge in [-0.3, -0.25) is 0 Å². The fraction of sp³-hybridized carbons (Fsp3) is 0. The van der Waals surface area contributed by atoms with E-state index in [0.29, 0.717) is 0 Å². The Bertz CT molecular complexity index is 2610. The summed E-state index contributed by atoms with van der Waals surface area (Å²) in [6.07, 6.45) is 0. The Hall–Kier alpha value is -6.70. The van der Waals surface area contributed by atoms with Crippen molar-refractivity contribution in [1.82, 2.24) is 0 Å². The summed E-state index contributed by atoms with van der Waals surface area (Å²) in [6, 6.07) is 76.7. The van der Waals surface area contributed by atoms with Crippen LogP contribution in [-0.4, -0.2) is 0 Å². The van der Waals surface area contributed by atoms with Gasteiger partial charge in [0.15, 0.2) is 0 Å². The fourth-order valence-corrected chi connectivity index (χ4v) is 7.38. The third-order valence-corrected chi connectivity index (χ3v) is 9.83. The van der Waals surface area contributed by atoms with Crippen molar-refractivity contribution in [3.8, 4) is 44.5 Å². The molecular weight excluding hydrogens is 615 g/mol. The molecule has 51 heavy (non-hydrogen) atoms. The average molecular weight is 650 g/mol. The van der Waals surface area contributed by atoms with Gasteiger partial charge in [-0.15, -0.1) is 0 Å². The zero-order valence-electron chi connectivity index (χ0n) is 28.2. The van der Waals surface area contributed by atoms with Crippen LogP contribution in [0.25, 0.3) is 66.1 Å². The lowest BCUT2D eigenvalue weighted by atomic mass is 9.92. The van der Waals surface area contributed by atoms with Crippen LogP contribution in [0.5, 0.6) is 0 Å². The maximum atomic E-state index is 2.41. The summed E-state index contributed by atoms with van der Waals surface area (Å²) in [5.74, 6) is 0. The topological polar surface area (TPSA) is 3.24 Å². The molecule has 9 aromatic carbocycles. The Balaban J connectivity index is 1.28. The van der Waals surface area contributed by atoms with E-state index in [9.17, 15) is 0 Å². The van der Waals surface area contributed by atoms with E-state index in [-0.39, 0.29) is 0 Å². The molecule has 1 nitrogen and oxygen atoms in total. The van der Waals surface area contributed by atoms with Crippen LogP contribution in [-0.2, 0) is 0 Å². The predicted molar refractivity (Wildman–Crippen MR) is 218 cm³/mol. The first-order chi connectivity index (χ1) is 25.3. The lowest BCUT2D eigenvalue weighted by Crippen LogP contribution is -2.10. The van der Waals surface area contributed by atoms with Gasteiger partial charge in [-0.25, -0.2) is 0 Å². The van der Waals surface area contributed by atoms with Gasteiger partial charge in [-0.2, -0.15) is 0 Å². The van der Waals surface area contributed by atoms with Crippen molar-refractivity contribution in [2.75, 3.05) is 4.90 Å². The first-order valence-electron chi connectivity index (χ1n) is 17.5. The number of hydrogen-bond donors (Lipinski definition) is 0. The molecule has 9 rings (SSSR count). The molecule has 1 heteroatoms. The van der Waals surface area contributed by atoms with Gasteiger partial charge in [0.25, 0.3) is 0 Å². The van der Waals surface area contributed by atoms with E-state index in [1.807, 2.05) is 0 Å². The first kappa shape index (κ1) is 30.4. The van der Waals surface area contributed by atoms with Crippen molar-refractivity contribution in [2.24, 2.45) is 0 Å². The van der Waals surface area contributed by atoms with Crippen LogP contribution in [0.1, 0.15) is 0 Å². The highest BCUT2D eigenvalue weighted by atomic mass is 15.1. The van der Waals surface area contributed by atoms with Crippen LogP contribution in [0.4, 0.5) is 17.1 Å². The summed E-state index contributed by atoms with van der Waals surface area (Å²) in [6.45, 7) is 0. The highest BCUT2D eigenvalue weighted by Gasteiger charge is 2.18. The van der Waals surface area contributed by atoms with E-state index >= 15 is 0 Å². The lowest BCUT2D eigenvalue weighted by molar-refractivity contribution is 1.29. The maximum Gasteiger partial charge on any atom is 0.0468 e. The van der Waals surface area contributed by atoms with Crippen LogP contribution in [0.15, 0.2) is 212 Å². The van der Waals surface area contributed by atoms with Gasteiger partial charge < -0.3 is 4.90 Å². The second-order valence-electron chi connectivity index (χ2n) is 13.0. The Morgan fingerprint density at radius 2 is 0.725 bits per heavy atom. The van der Waals surface area contributed by atoms with E-state index in [1.165, 1.54) is 66.1 Å². The van der Waals surface area contributed by atoms with Crippen molar-refractivity contribution in [2.45, 2.75) is 0 Å². The molecule has 0 atom stereocenters. The summed E-state index contributed by atoms with van der Waals surface area (Å²) < 4.78 is 0. The summed E-state index contributed by atoms with van der Waals surface area (Å²) in [4.78, 5) is 2.41. The molecule has 240 valence electrons. The normalized spacial score (nSPS) is 11.1. The van der Waals surface area contributed by atoms with Crippen molar-refractivity contribution >= 4 is 38.6 Å². The minimum absolute atomic E-state index is 1.10. The smallest absolute Gasteiger partial charge is 0.0468 e. The van der Waals surface area contributed by atoms with E-state index < -0.39 is 0 Å². The van der Waals surface area contributed by atoms with E-state index in [4.69, 9.17) is 0 Å². The molecular formula is C50H35N. The van der Waals surface area contributed by atoms with Crippen molar-refractivity contribution in [3.05, 3.63) is 212 Å². The zero-order chi connectivity index (χ0) is 34.0. The number of fused-ring (bicyclic) bond motifs is 3. The summed E-state index contributed by atoms with van der Waals surface area (Å²) >= 11 is 0. The molecule has 9 aromatic rings. The molecule has 0 radical (unpaired) electrons. The Labute approximate surface area is 299 Å². The number of hydrogen-bond acceptors (Lipinski definition) is 1. The highest BCUT2D eigenvalue weighted by molar-refractivity contribution is 6.14. The molecule has 0 aromatic heterocycles. The zero-order valence-corrected chi connectivity index (χ0v) is 28.2. The first-order valence-corrected chi connectivity index (χ1v) is 17.5. The quantitative estimate of drug-likeness (QED) is 0.155. The van der Waals surface area contributed by atoms with E-state index in [2.05, 4.69) is 217 Å². The van der Waals surface area contributed by atoms with Gasteiger partial charge >= 0.3 is 0 Å². The third kappa shape index (κ3) is 5.86. The summed E-state index contributed by atoms with van der Waals surface area (Å²) in [5.41, 5.74) is 13.0. The molecule has 0 aliphatic rings. The molecule has 0 unspecified atom stereocenters. The predicted octanol–water partition coefficient (Wildman–Crippen LogP) is 14.1. The van der Waals surface area contributed by atoms with Gasteiger partial charge in [0.05, 0.1) is 0 Å². The number of rotatable bonds is 7.